The Morgan fingerprint density at radius 1 is 1.36 bits per heavy atom. The van der Waals surface area contributed by atoms with Crippen molar-refractivity contribution in [3.05, 3.63) is 47.0 Å². The van der Waals surface area contributed by atoms with Gasteiger partial charge in [-0.2, -0.15) is 4.39 Å². The number of ether oxygens (including phenoxy) is 2. The molecule has 4 rings (SSSR count). The lowest BCUT2D eigenvalue weighted by molar-refractivity contribution is 0.0395. The summed E-state index contributed by atoms with van der Waals surface area (Å²) in [5, 5.41) is 0.375. The quantitative estimate of drug-likeness (QED) is 0.753. The maximum atomic E-state index is 14.3. The third kappa shape index (κ3) is 3.09. The molecule has 2 unspecified atom stereocenters. The van der Waals surface area contributed by atoms with E-state index in [1.807, 2.05) is 18.2 Å². The lowest BCUT2D eigenvalue weighted by Gasteiger charge is -2.42. The maximum absolute atomic E-state index is 14.3. The van der Waals surface area contributed by atoms with Gasteiger partial charge in [-0.05, 0) is 30.2 Å². The Morgan fingerprint density at radius 2 is 2.18 bits per heavy atom. The van der Waals surface area contributed by atoms with E-state index in [0.29, 0.717) is 22.8 Å². The van der Waals surface area contributed by atoms with Gasteiger partial charge >= 0.3 is 0 Å². The largest absolute Gasteiger partial charge is 0.490 e. The van der Waals surface area contributed by atoms with E-state index in [4.69, 9.17) is 31.8 Å². The fourth-order valence-corrected chi connectivity index (χ4v) is 4.27. The van der Waals surface area contributed by atoms with Gasteiger partial charge in [-0.15, -0.1) is 0 Å². The lowest BCUT2D eigenvalue weighted by atomic mass is 9.73. The number of hydrogen-bond acceptors (Lipinski definition) is 5. The molecule has 1 aromatic carbocycles. The van der Waals surface area contributed by atoms with Crippen molar-refractivity contribution in [3.63, 3.8) is 0 Å². The van der Waals surface area contributed by atoms with Crippen molar-refractivity contribution in [2.24, 2.45) is 16.6 Å². The minimum absolute atomic E-state index is 0.0149. The molecule has 0 radical (unpaired) electrons. The third-order valence-corrected chi connectivity index (χ3v) is 5.95. The highest BCUT2D eigenvalue weighted by atomic mass is 35.5. The Morgan fingerprint density at radius 3 is 2.89 bits per heavy atom. The van der Waals surface area contributed by atoms with Crippen LogP contribution in [0.4, 0.5) is 4.39 Å². The fraction of sp³-hybridized carbons (Fsp3) is 0.429. The van der Waals surface area contributed by atoms with Crippen molar-refractivity contribution in [1.82, 2.24) is 4.98 Å². The predicted octanol–water partition coefficient (Wildman–Crippen LogP) is 4.67. The molecule has 0 aliphatic carbocycles. The maximum Gasteiger partial charge on any atom is 0.283 e. The Balaban J connectivity index is 1.83. The van der Waals surface area contributed by atoms with Crippen LogP contribution in [0, 0.1) is 11.9 Å². The Bertz CT molecular complexity index is 936. The van der Waals surface area contributed by atoms with Gasteiger partial charge < -0.3 is 15.2 Å². The molecular weight excluding hydrogens is 381 g/mol. The number of amidine groups is 1. The van der Waals surface area contributed by atoms with Crippen molar-refractivity contribution in [3.8, 4) is 16.9 Å². The molecule has 2 aliphatic rings. The summed E-state index contributed by atoms with van der Waals surface area (Å²) >= 11 is 6.03. The highest BCUT2D eigenvalue weighted by Gasteiger charge is 2.51. The minimum atomic E-state index is -0.644. The molecule has 1 aromatic heterocycles. The van der Waals surface area contributed by atoms with E-state index in [0.717, 1.165) is 30.6 Å². The average molecular weight is 404 g/mol. The second-order valence-corrected chi connectivity index (χ2v) is 7.89. The first-order chi connectivity index (χ1) is 13.4. The molecule has 2 N–H and O–H groups in total. The highest BCUT2D eigenvalue weighted by molar-refractivity contribution is 6.30. The van der Waals surface area contributed by atoms with E-state index >= 15 is 0 Å². The Hall–Kier alpha value is -2.34. The summed E-state index contributed by atoms with van der Waals surface area (Å²) in [5.74, 6) is 0.222. The molecule has 0 bridgehead atoms. The zero-order valence-electron chi connectivity index (χ0n) is 15.9. The van der Waals surface area contributed by atoms with Crippen molar-refractivity contribution in [2.75, 3.05) is 6.61 Å². The fourth-order valence-electron chi connectivity index (χ4n) is 4.11. The third-order valence-electron chi connectivity index (χ3n) is 5.74. The van der Waals surface area contributed by atoms with Crippen LogP contribution in [-0.2, 0) is 10.3 Å². The number of rotatable bonds is 4. The summed E-state index contributed by atoms with van der Waals surface area (Å²) in [6.45, 7) is 4.62. The lowest BCUT2D eigenvalue weighted by Crippen LogP contribution is -2.46. The summed E-state index contributed by atoms with van der Waals surface area (Å²) in [7, 11) is 0. The van der Waals surface area contributed by atoms with Crippen LogP contribution in [0.3, 0.4) is 0 Å². The second kappa shape index (κ2) is 7.24. The van der Waals surface area contributed by atoms with Crippen LogP contribution in [0.2, 0.25) is 5.02 Å². The molecule has 28 heavy (non-hydrogen) atoms. The molecule has 0 amide bonds. The van der Waals surface area contributed by atoms with E-state index in [9.17, 15) is 4.39 Å². The van der Waals surface area contributed by atoms with E-state index in [1.165, 1.54) is 6.20 Å². The van der Waals surface area contributed by atoms with Crippen molar-refractivity contribution >= 4 is 17.6 Å². The molecule has 7 heteroatoms. The highest BCUT2D eigenvalue weighted by Crippen LogP contribution is 2.50. The monoisotopic (exact) mass is 403 g/mol. The molecule has 3 heterocycles. The number of unbranched alkanes of at least 4 members (excludes halogenated alkanes) is 1. The zero-order valence-corrected chi connectivity index (χ0v) is 16.7. The van der Waals surface area contributed by atoms with Crippen LogP contribution < -0.4 is 10.5 Å². The number of nitrogens with two attached hydrogens (primary N) is 1. The van der Waals surface area contributed by atoms with Gasteiger partial charge in [0, 0.05) is 23.2 Å². The molecule has 0 saturated carbocycles. The van der Waals surface area contributed by atoms with Gasteiger partial charge in [0.2, 0.25) is 5.95 Å². The molecule has 0 fully saturated rings. The molecular formula is C21H23ClFN3O2. The molecule has 3 atom stereocenters. The van der Waals surface area contributed by atoms with Crippen LogP contribution in [0.25, 0.3) is 11.1 Å². The van der Waals surface area contributed by atoms with Gasteiger partial charge in [0.25, 0.3) is 6.02 Å². The summed E-state index contributed by atoms with van der Waals surface area (Å²) in [5.41, 5.74) is 7.10. The average Bonchev–Trinajstić information content (AvgIpc) is 3.08. The van der Waals surface area contributed by atoms with Crippen LogP contribution in [-0.4, -0.2) is 23.7 Å². The first-order valence-electron chi connectivity index (χ1n) is 9.55. The summed E-state index contributed by atoms with van der Waals surface area (Å²) < 4.78 is 26.2. The van der Waals surface area contributed by atoms with Crippen molar-refractivity contribution < 1.29 is 13.9 Å². The number of hydrogen-bond donors (Lipinski definition) is 1. The van der Waals surface area contributed by atoms with E-state index in [1.54, 1.807) is 6.07 Å². The van der Waals surface area contributed by atoms with Gasteiger partial charge in [-0.25, -0.2) is 9.98 Å². The molecule has 148 valence electrons. The predicted molar refractivity (Wildman–Crippen MR) is 107 cm³/mol. The van der Waals surface area contributed by atoms with Gasteiger partial charge in [0.05, 0.1) is 5.02 Å². The van der Waals surface area contributed by atoms with Crippen LogP contribution in [0.1, 0.15) is 38.7 Å². The van der Waals surface area contributed by atoms with Gasteiger partial charge in [0.15, 0.2) is 0 Å². The first-order valence-corrected chi connectivity index (χ1v) is 9.93. The number of halogens is 2. The Kier molecular flexibility index (Phi) is 4.91. The van der Waals surface area contributed by atoms with E-state index < -0.39 is 11.5 Å². The van der Waals surface area contributed by atoms with Crippen LogP contribution >= 0.6 is 11.6 Å². The SMILES string of the molecule is CCCC[C@@H]1Oc2ccc(-c3cc(Cl)cnc3F)cc2C2(COC(N)=N2)C1C. The Labute approximate surface area is 168 Å². The second-order valence-electron chi connectivity index (χ2n) is 7.45. The van der Waals surface area contributed by atoms with E-state index in [-0.39, 0.29) is 18.0 Å². The first kappa shape index (κ1) is 19.0. The number of benzene rings is 1. The normalized spacial score (nSPS) is 25.8. The molecule has 2 aliphatic heterocycles. The molecule has 5 nitrogen and oxygen atoms in total. The molecule has 0 saturated heterocycles. The van der Waals surface area contributed by atoms with Gasteiger partial charge in [-0.3, -0.25) is 0 Å². The van der Waals surface area contributed by atoms with E-state index in [2.05, 4.69) is 18.8 Å². The van der Waals surface area contributed by atoms with Crippen LogP contribution in [0.15, 0.2) is 35.5 Å². The van der Waals surface area contributed by atoms with Crippen molar-refractivity contribution in [1.29, 1.82) is 0 Å². The minimum Gasteiger partial charge on any atom is -0.490 e. The number of aliphatic imine (C=N–C) groups is 1. The summed E-state index contributed by atoms with van der Waals surface area (Å²) in [4.78, 5) is 8.42. The molecule has 1 spiro atoms. The number of nitrogens with zero attached hydrogens (tertiary/aromatic N) is 2. The molecule has 2 aromatic rings. The van der Waals surface area contributed by atoms with Gasteiger partial charge in [-0.1, -0.05) is 44.4 Å². The standard InChI is InChI=1S/C21H23ClFN3O2/c1-3-4-5-17-12(2)21(11-27-20(24)26-21)16-8-13(6-7-18(16)28-17)15-9-14(22)10-25-19(15)23/h6-10,12,17H,3-5,11H2,1-2H3,(H2,24,26)/t12?,17-,21?/m0/s1. The number of fused-ring (bicyclic) bond motifs is 2. The zero-order chi connectivity index (χ0) is 19.9. The topological polar surface area (TPSA) is 69.7 Å². The van der Waals surface area contributed by atoms with Crippen LogP contribution in [0.5, 0.6) is 5.75 Å². The summed E-state index contributed by atoms with van der Waals surface area (Å²) in [6.07, 6.45) is 4.40. The number of pyridine rings is 1. The van der Waals surface area contributed by atoms with Crippen molar-refractivity contribution in [2.45, 2.75) is 44.8 Å². The smallest absolute Gasteiger partial charge is 0.283 e. The number of aromatic nitrogens is 1. The summed E-state index contributed by atoms with van der Waals surface area (Å²) in [6, 6.07) is 7.32. The van der Waals surface area contributed by atoms with Gasteiger partial charge in [0.1, 0.15) is 24.0 Å².